The van der Waals surface area contributed by atoms with Crippen molar-refractivity contribution >= 4 is 39.5 Å². The quantitative estimate of drug-likeness (QED) is 0.0222. The second kappa shape index (κ2) is 79.7. The maximum atomic E-state index is 13.2. The van der Waals surface area contributed by atoms with Crippen LogP contribution in [0.3, 0.4) is 0 Å². The first-order valence-corrected chi connectivity index (χ1v) is 48.1. The minimum absolute atomic E-state index is 0.108. The van der Waals surface area contributed by atoms with Crippen molar-refractivity contribution < 1.29 is 80.2 Å². The molecule has 0 radical (unpaired) electrons. The van der Waals surface area contributed by atoms with E-state index in [0.717, 1.165) is 95.8 Å². The topological polar surface area (TPSA) is 237 Å². The Morgan fingerprint density at radius 2 is 0.434 bits per heavy atom. The molecular formula is C87H170O17P2. The van der Waals surface area contributed by atoms with E-state index in [1.807, 2.05) is 0 Å². The first-order chi connectivity index (χ1) is 51.5. The van der Waals surface area contributed by atoms with Crippen LogP contribution in [0.5, 0.6) is 0 Å². The number of aliphatic hydroxyl groups is 1. The Kier molecular flexibility index (Phi) is 78.2. The summed E-state index contributed by atoms with van der Waals surface area (Å²) in [4.78, 5) is 73.3. The van der Waals surface area contributed by atoms with Crippen LogP contribution in [0.15, 0.2) is 0 Å². The van der Waals surface area contributed by atoms with Gasteiger partial charge in [0.1, 0.15) is 19.3 Å². The number of hydrogen-bond donors (Lipinski definition) is 3. The number of rotatable bonds is 87. The average molecular weight is 1550 g/mol. The van der Waals surface area contributed by atoms with Gasteiger partial charge in [0.2, 0.25) is 0 Å². The van der Waals surface area contributed by atoms with Crippen molar-refractivity contribution in [1.82, 2.24) is 0 Å². The van der Waals surface area contributed by atoms with Gasteiger partial charge in [-0.3, -0.25) is 37.3 Å². The van der Waals surface area contributed by atoms with E-state index in [2.05, 4.69) is 34.6 Å². The molecule has 0 aliphatic carbocycles. The van der Waals surface area contributed by atoms with Gasteiger partial charge in [-0.15, -0.1) is 0 Å². The zero-order valence-electron chi connectivity index (χ0n) is 69.6. The summed E-state index contributed by atoms with van der Waals surface area (Å²) in [7, 11) is -9.93. The van der Waals surface area contributed by atoms with Crippen molar-refractivity contribution in [1.29, 1.82) is 0 Å². The number of carbonyl (C=O) groups is 4. The van der Waals surface area contributed by atoms with Crippen molar-refractivity contribution in [3.05, 3.63) is 0 Å². The molecule has 106 heavy (non-hydrogen) atoms. The molecule has 0 aromatic heterocycles. The molecule has 0 bridgehead atoms. The fourth-order valence-electron chi connectivity index (χ4n) is 13.6. The predicted octanol–water partition coefficient (Wildman–Crippen LogP) is 26.8. The largest absolute Gasteiger partial charge is 0.472 e. The van der Waals surface area contributed by atoms with Gasteiger partial charge in [0, 0.05) is 25.7 Å². The SMILES string of the molecule is CCCCCCCCCCCCCCCCCCCCCCCC(=O)O[C@H](COC(=O)CCCCCCCCCCCCCCCCCCCC)COP(=O)(O)OC[C@@H](O)COP(=O)(O)OC[C@@H](COC(=O)CCCCCCCCCCCC(C)C)OC(=O)CCCCCCCCCCCCCCCCC. The Hall–Kier alpha value is -1.94. The van der Waals surface area contributed by atoms with Crippen LogP contribution in [0, 0.1) is 5.92 Å². The van der Waals surface area contributed by atoms with E-state index in [1.54, 1.807) is 0 Å². The number of esters is 4. The zero-order chi connectivity index (χ0) is 77.6. The molecule has 0 heterocycles. The number of phosphoric ester groups is 2. The van der Waals surface area contributed by atoms with Crippen LogP contribution in [0.4, 0.5) is 0 Å². The molecule has 0 spiro atoms. The van der Waals surface area contributed by atoms with Gasteiger partial charge >= 0.3 is 39.5 Å². The van der Waals surface area contributed by atoms with E-state index >= 15 is 0 Å². The molecule has 0 aliphatic rings. The molecule has 0 fully saturated rings. The van der Waals surface area contributed by atoms with Crippen molar-refractivity contribution in [2.24, 2.45) is 5.92 Å². The average Bonchev–Trinajstić information content (AvgIpc) is 0.907. The third kappa shape index (κ3) is 80.1. The van der Waals surface area contributed by atoms with E-state index in [0.29, 0.717) is 25.7 Å². The maximum absolute atomic E-state index is 13.2. The van der Waals surface area contributed by atoms with E-state index in [1.165, 1.54) is 295 Å². The van der Waals surface area contributed by atoms with Gasteiger partial charge in [0.05, 0.1) is 26.4 Å². The Morgan fingerprint density at radius 3 is 0.642 bits per heavy atom. The Morgan fingerprint density at radius 1 is 0.255 bits per heavy atom. The van der Waals surface area contributed by atoms with Gasteiger partial charge < -0.3 is 33.8 Å². The molecule has 0 saturated heterocycles. The molecule has 0 amide bonds. The Bertz CT molecular complexity index is 2010. The number of aliphatic hydroxyl groups excluding tert-OH is 1. The highest BCUT2D eigenvalue weighted by molar-refractivity contribution is 7.47. The molecule has 0 saturated carbocycles. The highest BCUT2D eigenvalue weighted by atomic mass is 31.2. The minimum atomic E-state index is -4.97. The number of carbonyl (C=O) groups excluding carboxylic acids is 4. The van der Waals surface area contributed by atoms with Gasteiger partial charge in [-0.25, -0.2) is 9.13 Å². The molecule has 0 aliphatic heterocycles. The van der Waals surface area contributed by atoms with Crippen LogP contribution in [0.25, 0.3) is 0 Å². The van der Waals surface area contributed by atoms with Crippen LogP contribution < -0.4 is 0 Å². The first kappa shape index (κ1) is 104. The Balaban J connectivity index is 5.24. The second-order valence-electron chi connectivity index (χ2n) is 31.8. The van der Waals surface area contributed by atoms with Crippen LogP contribution in [0.1, 0.15) is 471 Å². The molecule has 630 valence electrons. The predicted molar refractivity (Wildman–Crippen MR) is 437 cm³/mol. The molecule has 5 atom stereocenters. The van der Waals surface area contributed by atoms with Gasteiger partial charge in [0.15, 0.2) is 12.2 Å². The summed E-state index contributed by atoms with van der Waals surface area (Å²) in [5.41, 5.74) is 0. The summed E-state index contributed by atoms with van der Waals surface area (Å²) in [5, 5.41) is 10.7. The van der Waals surface area contributed by atoms with E-state index in [4.69, 9.17) is 37.0 Å². The monoisotopic (exact) mass is 1550 g/mol. The smallest absolute Gasteiger partial charge is 0.462 e. The zero-order valence-corrected chi connectivity index (χ0v) is 71.4. The van der Waals surface area contributed by atoms with Crippen molar-refractivity contribution in [2.75, 3.05) is 39.6 Å². The summed E-state index contributed by atoms with van der Waals surface area (Å²) in [5.74, 6) is -1.35. The minimum Gasteiger partial charge on any atom is -0.462 e. The van der Waals surface area contributed by atoms with E-state index in [-0.39, 0.29) is 25.7 Å². The lowest BCUT2D eigenvalue weighted by Crippen LogP contribution is -2.30. The molecule has 0 rings (SSSR count). The third-order valence-corrected chi connectivity index (χ3v) is 22.4. The number of ether oxygens (including phenoxy) is 4. The second-order valence-corrected chi connectivity index (χ2v) is 34.7. The van der Waals surface area contributed by atoms with Crippen LogP contribution >= 0.6 is 15.6 Å². The maximum Gasteiger partial charge on any atom is 0.472 e. The van der Waals surface area contributed by atoms with Crippen molar-refractivity contribution in [3.8, 4) is 0 Å². The van der Waals surface area contributed by atoms with Crippen molar-refractivity contribution in [3.63, 3.8) is 0 Å². The van der Waals surface area contributed by atoms with Gasteiger partial charge in [-0.1, -0.05) is 420 Å². The summed E-state index contributed by atoms with van der Waals surface area (Å²) < 4.78 is 69.0. The highest BCUT2D eigenvalue weighted by Gasteiger charge is 2.30. The fourth-order valence-corrected chi connectivity index (χ4v) is 15.2. The lowest BCUT2D eigenvalue weighted by atomic mass is 10.0. The normalized spacial score (nSPS) is 13.7. The summed E-state index contributed by atoms with van der Waals surface area (Å²) in [6.07, 6.45) is 73.6. The number of hydrogen-bond acceptors (Lipinski definition) is 15. The fraction of sp³-hybridized carbons (Fsp3) is 0.954. The lowest BCUT2D eigenvalue weighted by molar-refractivity contribution is -0.161. The van der Waals surface area contributed by atoms with Gasteiger partial charge in [0.25, 0.3) is 0 Å². The third-order valence-electron chi connectivity index (χ3n) is 20.5. The molecule has 0 aromatic rings. The lowest BCUT2D eigenvalue weighted by Gasteiger charge is -2.21. The number of unbranched alkanes of at least 4 members (excludes halogenated alkanes) is 59. The van der Waals surface area contributed by atoms with E-state index in [9.17, 15) is 43.2 Å². The molecule has 0 aromatic carbocycles. The standard InChI is InChI=1S/C87H170O17P2/c1-6-9-12-15-18-21-24-27-30-32-34-35-36-38-41-44-47-52-58-63-68-73-87(92)103-82(76-97-84(89)70-65-60-55-50-45-42-40-37-33-31-28-25-22-19-16-13-10-7-2)78-101-105(93,94)99-74-81(88)75-100-106(95,96)102-79-83(77-98-85(90)71-66-61-56-53-48-49-54-59-64-69-80(4)5)104-86(91)72-67-62-57-51-46-43-39-29-26-23-20-17-14-11-8-3/h80-83,88H,6-79H2,1-5H3,(H,93,94)(H,95,96)/t81-,82-,83-/m1/s1. The summed E-state index contributed by atoms with van der Waals surface area (Å²) in [6, 6.07) is 0. The van der Waals surface area contributed by atoms with Gasteiger partial charge in [-0.2, -0.15) is 0 Å². The molecule has 19 heteroatoms. The number of phosphoric acid groups is 2. The molecule has 3 N–H and O–H groups in total. The van der Waals surface area contributed by atoms with Crippen LogP contribution in [-0.4, -0.2) is 96.7 Å². The van der Waals surface area contributed by atoms with Crippen molar-refractivity contribution in [2.45, 2.75) is 490 Å². The highest BCUT2D eigenvalue weighted by Crippen LogP contribution is 2.45. The summed E-state index contributed by atoms with van der Waals surface area (Å²) in [6.45, 7) is 7.36. The Labute approximate surface area is 651 Å². The van der Waals surface area contributed by atoms with Crippen LogP contribution in [-0.2, 0) is 65.4 Å². The van der Waals surface area contributed by atoms with Gasteiger partial charge in [-0.05, 0) is 31.6 Å². The molecular weight excluding hydrogens is 1380 g/mol. The molecule has 2 unspecified atom stereocenters. The first-order valence-electron chi connectivity index (χ1n) is 45.1. The van der Waals surface area contributed by atoms with E-state index < -0.39 is 97.5 Å². The summed E-state index contributed by atoms with van der Waals surface area (Å²) >= 11 is 0. The molecule has 17 nitrogen and oxygen atoms in total. The van der Waals surface area contributed by atoms with Crippen LogP contribution in [0.2, 0.25) is 0 Å².